The number of rotatable bonds is 4. The standard InChI is InChI=1S/C14H15BrN2O3/c1-9-2-3-10(8-11(9)15)16-12(18)6-7-17-13(19)4-5-14(17)20/h2-3,8H,4-7H2,1H3,(H,16,18). The maximum atomic E-state index is 11.8. The maximum absolute atomic E-state index is 11.8. The molecule has 0 spiro atoms. The van der Waals surface area contributed by atoms with Gasteiger partial charge in [0.15, 0.2) is 0 Å². The molecule has 0 radical (unpaired) electrons. The molecular weight excluding hydrogens is 324 g/mol. The lowest BCUT2D eigenvalue weighted by atomic mass is 10.2. The van der Waals surface area contributed by atoms with Crippen LogP contribution in [0.4, 0.5) is 5.69 Å². The van der Waals surface area contributed by atoms with Crippen molar-refractivity contribution in [3.05, 3.63) is 28.2 Å². The summed E-state index contributed by atoms with van der Waals surface area (Å²) in [7, 11) is 0. The van der Waals surface area contributed by atoms with Crippen LogP contribution in [0.5, 0.6) is 0 Å². The zero-order chi connectivity index (χ0) is 14.7. The molecule has 5 nitrogen and oxygen atoms in total. The van der Waals surface area contributed by atoms with E-state index >= 15 is 0 Å². The molecule has 1 aromatic rings. The number of carbonyl (C=O) groups excluding carboxylic acids is 3. The third-order valence-corrected chi connectivity index (χ3v) is 4.03. The summed E-state index contributed by atoms with van der Waals surface area (Å²) in [5, 5.41) is 2.75. The van der Waals surface area contributed by atoms with Gasteiger partial charge in [-0.05, 0) is 24.6 Å². The first-order chi connectivity index (χ1) is 9.47. The van der Waals surface area contributed by atoms with Crippen LogP contribution in [0.25, 0.3) is 0 Å². The second kappa shape index (κ2) is 6.17. The highest BCUT2D eigenvalue weighted by molar-refractivity contribution is 9.10. The van der Waals surface area contributed by atoms with Crippen LogP contribution in [-0.4, -0.2) is 29.2 Å². The summed E-state index contributed by atoms with van der Waals surface area (Å²) in [6.45, 7) is 2.11. The molecule has 0 saturated carbocycles. The molecule has 106 valence electrons. The molecule has 3 amide bonds. The van der Waals surface area contributed by atoms with Gasteiger partial charge in [0.05, 0.1) is 0 Å². The molecule has 1 saturated heterocycles. The summed E-state index contributed by atoms with van der Waals surface area (Å²) in [5.74, 6) is -0.602. The van der Waals surface area contributed by atoms with Crippen LogP contribution in [-0.2, 0) is 14.4 Å². The van der Waals surface area contributed by atoms with Crippen LogP contribution < -0.4 is 5.32 Å². The SMILES string of the molecule is Cc1ccc(NC(=O)CCN2C(=O)CCC2=O)cc1Br. The van der Waals surface area contributed by atoms with Gasteiger partial charge in [0, 0.05) is 36.0 Å². The van der Waals surface area contributed by atoms with E-state index in [4.69, 9.17) is 0 Å². The van der Waals surface area contributed by atoms with Crippen molar-refractivity contribution >= 4 is 39.3 Å². The topological polar surface area (TPSA) is 66.5 Å². The van der Waals surface area contributed by atoms with Crippen LogP contribution in [0.3, 0.4) is 0 Å². The van der Waals surface area contributed by atoms with Gasteiger partial charge in [-0.15, -0.1) is 0 Å². The molecule has 1 aromatic carbocycles. The number of imide groups is 1. The number of hydrogen-bond acceptors (Lipinski definition) is 3. The number of nitrogens with zero attached hydrogens (tertiary/aromatic N) is 1. The summed E-state index contributed by atoms with van der Waals surface area (Å²) in [5.41, 5.74) is 1.77. The van der Waals surface area contributed by atoms with Gasteiger partial charge >= 0.3 is 0 Å². The molecule has 1 aliphatic rings. The highest BCUT2D eigenvalue weighted by Crippen LogP contribution is 2.20. The van der Waals surface area contributed by atoms with E-state index in [9.17, 15) is 14.4 Å². The van der Waals surface area contributed by atoms with E-state index in [-0.39, 0.29) is 43.5 Å². The Balaban J connectivity index is 1.88. The fraction of sp³-hybridized carbons (Fsp3) is 0.357. The van der Waals surface area contributed by atoms with Crippen molar-refractivity contribution in [2.24, 2.45) is 0 Å². The molecule has 0 aromatic heterocycles. The Bertz CT molecular complexity index is 556. The number of aryl methyl sites for hydroxylation is 1. The molecule has 0 bridgehead atoms. The van der Waals surface area contributed by atoms with E-state index in [1.807, 2.05) is 25.1 Å². The van der Waals surface area contributed by atoms with E-state index in [0.717, 1.165) is 14.9 Å². The number of anilines is 1. The number of amides is 3. The Morgan fingerprint density at radius 1 is 1.30 bits per heavy atom. The van der Waals surface area contributed by atoms with Gasteiger partial charge in [-0.2, -0.15) is 0 Å². The van der Waals surface area contributed by atoms with Gasteiger partial charge in [-0.25, -0.2) is 0 Å². The number of benzene rings is 1. The van der Waals surface area contributed by atoms with E-state index < -0.39 is 0 Å². The number of hydrogen-bond donors (Lipinski definition) is 1. The Kier molecular flexibility index (Phi) is 4.54. The Labute approximate surface area is 125 Å². The monoisotopic (exact) mass is 338 g/mol. The van der Waals surface area contributed by atoms with Gasteiger partial charge in [-0.1, -0.05) is 22.0 Å². The molecule has 1 N–H and O–H groups in total. The zero-order valence-electron chi connectivity index (χ0n) is 11.1. The number of nitrogens with one attached hydrogen (secondary N) is 1. The molecule has 1 aliphatic heterocycles. The largest absolute Gasteiger partial charge is 0.326 e. The first-order valence-electron chi connectivity index (χ1n) is 6.36. The van der Waals surface area contributed by atoms with E-state index in [0.29, 0.717) is 5.69 Å². The van der Waals surface area contributed by atoms with Gasteiger partial charge in [0.25, 0.3) is 0 Å². The van der Waals surface area contributed by atoms with Gasteiger partial charge < -0.3 is 5.32 Å². The summed E-state index contributed by atoms with van der Waals surface area (Å²) in [4.78, 5) is 35.8. The first-order valence-corrected chi connectivity index (χ1v) is 7.16. The Morgan fingerprint density at radius 2 is 1.95 bits per heavy atom. The van der Waals surface area contributed by atoms with E-state index in [1.54, 1.807) is 0 Å². The fourth-order valence-corrected chi connectivity index (χ4v) is 2.36. The fourth-order valence-electron chi connectivity index (χ4n) is 1.98. The third kappa shape index (κ3) is 3.45. The van der Waals surface area contributed by atoms with Gasteiger partial charge in [0.1, 0.15) is 0 Å². The van der Waals surface area contributed by atoms with Crippen molar-refractivity contribution in [1.82, 2.24) is 4.90 Å². The van der Waals surface area contributed by atoms with Crippen LogP contribution >= 0.6 is 15.9 Å². The van der Waals surface area contributed by atoms with Crippen molar-refractivity contribution < 1.29 is 14.4 Å². The first kappa shape index (κ1) is 14.7. The van der Waals surface area contributed by atoms with E-state index in [2.05, 4.69) is 21.2 Å². The molecule has 1 heterocycles. The third-order valence-electron chi connectivity index (χ3n) is 3.17. The van der Waals surface area contributed by atoms with Crippen LogP contribution in [0, 0.1) is 6.92 Å². The lowest BCUT2D eigenvalue weighted by molar-refractivity contribution is -0.138. The van der Waals surface area contributed by atoms with Crippen LogP contribution in [0.1, 0.15) is 24.8 Å². The highest BCUT2D eigenvalue weighted by atomic mass is 79.9. The average molecular weight is 339 g/mol. The predicted molar refractivity (Wildman–Crippen MR) is 78.1 cm³/mol. The van der Waals surface area contributed by atoms with Crippen molar-refractivity contribution in [2.75, 3.05) is 11.9 Å². The Hall–Kier alpha value is -1.69. The lowest BCUT2D eigenvalue weighted by Gasteiger charge is -2.13. The van der Waals surface area contributed by atoms with Crippen molar-refractivity contribution in [3.8, 4) is 0 Å². The second-order valence-electron chi connectivity index (χ2n) is 4.70. The molecule has 20 heavy (non-hydrogen) atoms. The van der Waals surface area contributed by atoms with Crippen molar-refractivity contribution in [1.29, 1.82) is 0 Å². The summed E-state index contributed by atoms with van der Waals surface area (Å²) < 4.78 is 0.917. The molecule has 0 atom stereocenters. The number of halogens is 1. The number of likely N-dealkylation sites (tertiary alicyclic amines) is 1. The smallest absolute Gasteiger partial charge is 0.229 e. The van der Waals surface area contributed by atoms with Crippen molar-refractivity contribution in [3.63, 3.8) is 0 Å². The van der Waals surface area contributed by atoms with E-state index in [1.165, 1.54) is 0 Å². The van der Waals surface area contributed by atoms with Gasteiger partial charge in [0.2, 0.25) is 17.7 Å². The average Bonchev–Trinajstić information content (AvgIpc) is 2.71. The van der Waals surface area contributed by atoms with Gasteiger partial charge in [-0.3, -0.25) is 19.3 Å². The predicted octanol–water partition coefficient (Wildman–Crippen LogP) is 2.24. The molecule has 1 fully saturated rings. The number of carbonyl (C=O) groups is 3. The minimum Gasteiger partial charge on any atom is -0.326 e. The quantitative estimate of drug-likeness (QED) is 0.856. The second-order valence-corrected chi connectivity index (χ2v) is 5.56. The zero-order valence-corrected chi connectivity index (χ0v) is 12.7. The van der Waals surface area contributed by atoms with Crippen LogP contribution in [0.15, 0.2) is 22.7 Å². The summed E-state index contributed by atoms with van der Waals surface area (Å²) in [6.07, 6.45) is 0.625. The molecule has 6 heteroatoms. The minimum atomic E-state index is -0.215. The highest BCUT2D eigenvalue weighted by Gasteiger charge is 2.28. The molecule has 0 aliphatic carbocycles. The summed E-state index contributed by atoms with van der Waals surface area (Å²) in [6, 6.07) is 5.52. The maximum Gasteiger partial charge on any atom is 0.229 e. The molecule has 2 rings (SSSR count). The summed E-state index contributed by atoms with van der Waals surface area (Å²) >= 11 is 3.40. The Morgan fingerprint density at radius 3 is 2.55 bits per heavy atom. The lowest BCUT2D eigenvalue weighted by Crippen LogP contribution is -2.32. The minimum absolute atomic E-state index is 0.114. The molecular formula is C14H15BrN2O3. The normalized spacial score (nSPS) is 14.8. The molecule has 0 unspecified atom stereocenters. The van der Waals surface area contributed by atoms with Crippen molar-refractivity contribution in [2.45, 2.75) is 26.2 Å². The van der Waals surface area contributed by atoms with Crippen LogP contribution in [0.2, 0.25) is 0 Å².